The Kier molecular flexibility index (Phi) is 5.91. The van der Waals surface area contributed by atoms with Gasteiger partial charge in [0.15, 0.2) is 0 Å². The highest BCUT2D eigenvalue weighted by atomic mass is 32.1. The average molecular weight is 335 g/mol. The molecule has 2 aromatic rings. The molecule has 124 valence electrons. The fourth-order valence-corrected chi connectivity index (χ4v) is 3.59. The number of nitrogens with one attached hydrogen (secondary N) is 1. The fourth-order valence-electron chi connectivity index (χ4n) is 2.58. The van der Waals surface area contributed by atoms with Crippen molar-refractivity contribution in [2.75, 3.05) is 6.54 Å². The second-order valence-electron chi connectivity index (χ2n) is 5.64. The number of hydrogen-bond acceptors (Lipinski definition) is 3. The molecule has 0 bridgehead atoms. The van der Waals surface area contributed by atoms with Gasteiger partial charge in [0.1, 0.15) is 5.82 Å². The average Bonchev–Trinajstić information content (AvgIpc) is 3.00. The molecule has 0 amide bonds. The van der Waals surface area contributed by atoms with Crippen molar-refractivity contribution < 1.29 is 14.3 Å². The number of carboxylic acids is 1. The normalized spacial score (nSPS) is 11.6. The lowest BCUT2D eigenvalue weighted by molar-refractivity contribution is -0.149. The molecule has 0 aliphatic rings. The summed E-state index contributed by atoms with van der Waals surface area (Å²) in [6.07, 6.45) is 1.19. The summed E-state index contributed by atoms with van der Waals surface area (Å²) in [5.41, 5.74) is -0.114. The van der Waals surface area contributed by atoms with E-state index in [-0.39, 0.29) is 5.82 Å². The molecule has 0 aliphatic carbocycles. The first-order chi connectivity index (χ1) is 11.0. The minimum absolute atomic E-state index is 0.226. The summed E-state index contributed by atoms with van der Waals surface area (Å²) < 4.78 is 13.8. The van der Waals surface area contributed by atoms with E-state index in [0.717, 1.165) is 9.75 Å². The van der Waals surface area contributed by atoms with E-state index < -0.39 is 11.4 Å². The molecule has 0 aliphatic heterocycles. The molecule has 0 saturated carbocycles. The summed E-state index contributed by atoms with van der Waals surface area (Å²) in [6.45, 7) is 4.83. The molecule has 1 aromatic carbocycles. The summed E-state index contributed by atoms with van der Waals surface area (Å²) in [5.74, 6) is -0.982. The molecule has 2 N–H and O–H groups in total. The third-order valence-electron chi connectivity index (χ3n) is 4.37. The van der Waals surface area contributed by atoms with Crippen molar-refractivity contribution in [3.63, 3.8) is 0 Å². The maximum atomic E-state index is 13.8. The van der Waals surface area contributed by atoms with Crippen molar-refractivity contribution in [1.82, 2.24) is 5.32 Å². The minimum Gasteiger partial charge on any atom is -0.481 e. The Balaban J connectivity index is 2.00. The quantitative estimate of drug-likeness (QED) is 0.745. The summed E-state index contributed by atoms with van der Waals surface area (Å²) in [7, 11) is 0. The van der Waals surface area contributed by atoms with Gasteiger partial charge in [-0.15, -0.1) is 11.3 Å². The van der Waals surface area contributed by atoms with Crippen LogP contribution in [0.25, 0.3) is 10.4 Å². The molecule has 23 heavy (non-hydrogen) atoms. The Morgan fingerprint density at radius 1 is 1.22 bits per heavy atom. The van der Waals surface area contributed by atoms with E-state index in [1.807, 2.05) is 32.0 Å². The monoisotopic (exact) mass is 335 g/mol. The van der Waals surface area contributed by atoms with Crippen LogP contribution in [0.1, 0.15) is 31.6 Å². The van der Waals surface area contributed by atoms with Crippen molar-refractivity contribution in [3.8, 4) is 10.4 Å². The standard InChI is InChI=1S/C18H22FNO2S/c1-3-18(4-2,17(21)22)12-20-11-13-9-10-16(23-13)14-7-5-6-8-15(14)19/h5-10,20H,3-4,11-12H2,1-2H3,(H,21,22). The number of hydrogen-bond donors (Lipinski definition) is 2. The van der Waals surface area contributed by atoms with Gasteiger partial charge in [-0.25, -0.2) is 4.39 Å². The van der Waals surface area contributed by atoms with Gasteiger partial charge in [-0.3, -0.25) is 4.79 Å². The van der Waals surface area contributed by atoms with Gasteiger partial charge in [-0.05, 0) is 31.0 Å². The van der Waals surface area contributed by atoms with Gasteiger partial charge < -0.3 is 10.4 Å². The highest BCUT2D eigenvalue weighted by Crippen LogP contribution is 2.30. The summed E-state index contributed by atoms with van der Waals surface area (Å²) in [6, 6.07) is 10.6. The first-order valence-corrected chi connectivity index (χ1v) is 8.62. The number of thiophene rings is 1. The minimum atomic E-state index is -0.756. The second kappa shape index (κ2) is 7.70. The van der Waals surface area contributed by atoms with E-state index >= 15 is 0 Å². The lowest BCUT2D eigenvalue weighted by Crippen LogP contribution is -2.39. The molecule has 1 heterocycles. The Hall–Kier alpha value is -1.72. The van der Waals surface area contributed by atoms with Gasteiger partial charge in [0, 0.05) is 28.4 Å². The van der Waals surface area contributed by atoms with Crippen LogP contribution in [0, 0.1) is 11.2 Å². The molecule has 0 radical (unpaired) electrons. The Bertz CT molecular complexity index is 665. The number of rotatable bonds is 8. The third kappa shape index (κ3) is 3.98. The largest absolute Gasteiger partial charge is 0.481 e. The number of halogens is 1. The Morgan fingerprint density at radius 3 is 2.52 bits per heavy atom. The molecular weight excluding hydrogens is 313 g/mol. The van der Waals surface area contributed by atoms with Crippen LogP contribution in [0.15, 0.2) is 36.4 Å². The zero-order valence-electron chi connectivity index (χ0n) is 13.4. The summed E-state index contributed by atoms with van der Waals surface area (Å²) >= 11 is 1.52. The van der Waals surface area contributed by atoms with Crippen LogP contribution in [0.2, 0.25) is 0 Å². The maximum absolute atomic E-state index is 13.8. The SMILES string of the molecule is CCC(CC)(CNCc1ccc(-c2ccccc2F)s1)C(=O)O. The van der Waals surface area contributed by atoms with Crippen LogP contribution in [0.5, 0.6) is 0 Å². The van der Waals surface area contributed by atoms with E-state index in [1.54, 1.807) is 12.1 Å². The van der Waals surface area contributed by atoms with Crippen LogP contribution in [-0.4, -0.2) is 17.6 Å². The van der Waals surface area contributed by atoms with Crippen molar-refractivity contribution in [2.45, 2.75) is 33.2 Å². The first kappa shape index (κ1) is 17.6. The molecule has 0 unspecified atom stereocenters. The van der Waals surface area contributed by atoms with Crippen LogP contribution >= 0.6 is 11.3 Å². The lowest BCUT2D eigenvalue weighted by atomic mass is 9.82. The van der Waals surface area contributed by atoms with E-state index in [1.165, 1.54) is 17.4 Å². The molecule has 2 rings (SSSR count). The topological polar surface area (TPSA) is 49.3 Å². The second-order valence-corrected chi connectivity index (χ2v) is 6.81. The highest BCUT2D eigenvalue weighted by Gasteiger charge is 2.34. The van der Waals surface area contributed by atoms with E-state index in [9.17, 15) is 14.3 Å². The third-order valence-corrected chi connectivity index (χ3v) is 5.49. The number of carbonyl (C=O) groups is 1. The van der Waals surface area contributed by atoms with Gasteiger partial charge in [-0.2, -0.15) is 0 Å². The zero-order chi connectivity index (χ0) is 16.9. The molecule has 5 heteroatoms. The van der Waals surface area contributed by atoms with E-state index in [4.69, 9.17) is 0 Å². The van der Waals surface area contributed by atoms with Crippen molar-refractivity contribution in [3.05, 3.63) is 47.1 Å². The van der Waals surface area contributed by atoms with Crippen LogP contribution in [-0.2, 0) is 11.3 Å². The van der Waals surface area contributed by atoms with E-state index in [2.05, 4.69) is 5.32 Å². The van der Waals surface area contributed by atoms with Gasteiger partial charge >= 0.3 is 5.97 Å². The van der Waals surface area contributed by atoms with Crippen molar-refractivity contribution >= 4 is 17.3 Å². The molecule has 0 saturated heterocycles. The molecule has 0 fully saturated rings. The fraction of sp³-hybridized carbons (Fsp3) is 0.389. The van der Waals surface area contributed by atoms with Gasteiger partial charge in [0.25, 0.3) is 0 Å². The zero-order valence-corrected chi connectivity index (χ0v) is 14.3. The Labute approximate surface area is 140 Å². The van der Waals surface area contributed by atoms with Crippen molar-refractivity contribution in [1.29, 1.82) is 0 Å². The smallest absolute Gasteiger partial charge is 0.310 e. The lowest BCUT2D eigenvalue weighted by Gasteiger charge is -2.26. The van der Waals surface area contributed by atoms with Crippen LogP contribution in [0.4, 0.5) is 4.39 Å². The predicted molar refractivity (Wildman–Crippen MR) is 92.1 cm³/mol. The van der Waals surface area contributed by atoms with Gasteiger partial charge in [0.05, 0.1) is 5.41 Å². The van der Waals surface area contributed by atoms with Gasteiger partial charge in [0.2, 0.25) is 0 Å². The predicted octanol–water partition coefficient (Wildman–Crippen LogP) is 4.53. The van der Waals surface area contributed by atoms with Crippen LogP contribution < -0.4 is 5.32 Å². The summed E-state index contributed by atoms with van der Waals surface area (Å²) in [5, 5.41) is 12.7. The van der Waals surface area contributed by atoms with Gasteiger partial charge in [-0.1, -0.05) is 32.0 Å². The maximum Gasteiger partial charge on any atom is 0.310 e. The molecule has 0 atom stereocenters. The number of benzene rings is 1. The Morgan fingerprint density at radius 2 is 1.91 bits per heavy atom. The number of carboxylic acid groups (broad SMARTS) is 1. The van der Waals surface area contributed by atoms with Crippen molar-refractivity contribution in [2.24, 2.45) is 5.41 Å². The molecule has 0 spiro atoms. The van der Waals surface area contributed by atoms with E-state index in [0.29, 0.717) is 31.5 Å². The highest BCUT2D eigenvalue weighted by molar-refractivity contribution is 7.15. The molecule has 1 aromatic heterocycles. The molecule has 3 nitrogen and oxygen atoms in total. The first-order valence-electron chi connectivity index (χ1n) is 7.80. The molecular formula is C18H22FNO2S. The summed E-state index contributed by atoms with van der Waals surface area (Å²) in [4.78, 5) is 13.4. The van der Waals surface area contributed by atoms with Crippen LogP contribution in [0.3, 0.4) is 0 Å². The number of aliphatic carboxylic acids is 1.